The summed E-state index contributed by atoms with van der Waals surface area (Å²) in [6.07, 6.45) is -0.663. The Bertz CT molecular complexity index is 512. The fourth-order valence-electron chi connectivity index (χ4n) is 1.31. The van der Waals surface area contributed by atoms with Gasteiger partial charge in [0.1, 0.15) is 0 Å². The van der Waals surface area contributed by atoms with Crippen molar-refractivity contribution in [1.82, 2.24) is 4.31 Å². The smallest absolute Gasteiger partial charge is 0.371 e. The zero-order chi connectivity index (χ0) is 11.9. The van der Waals surface area contributed by atoms with E-state index in [9.17, 15) is 13.2 Å². The van der Waals surface area contributed by atoms with Crippen LogP contribution in [0.15, 0.2) is 21.6 Å². The number of carboxylic acids is 1. The van der Waals surface area contributed by atoms with Crippen molar-refractivity contribution in [3.63, 3.8) is 0 Å². The summed E-state index contributed by atoms with van der Waals surface area (Å²) in [6, 6.07) is 2.16. The molecule has 2 N–H and O–H groups in total. The predicted octanol–water partition coefficient (Wildman–Crippen LogP) is -0.657. The number of carboxylic acid groups (broad SMARTS) is 1. The molecule has 0 radical (unpaired) electrons. The number of aliphatic hydroxyl groups is 1. The van der Waals surface area contributed by atoms with Crippen molar-refractivity contribution in [2.24, 2.45) is 0 Å². The van der Waals surface area contributed by atoms with Crippen LogP contribution in [0.25, 0.3) is 0 Å². The lowest BCUT2D eigenvalue weighted by Crippen LogP contribution is -2.53. The third-order valence-electron chi connectivity index (χ3n) is 2.22. The zero-order valence-electron chi connectivity index (χ0n) is 8.03. The number of hydrogen-bond acceptors (Lipinski definition) is 5. The summed E-state index contributed by atoms with van der Waals surface area (Å²) in [5, 5.41) is 17.1. The minimum absolute atomic E-state index is 0.00539. The van der Waals surface area contributed by atoms with Crippen LogP contribution < -0.4 is 0 Å². The van der Waals surface area contributed by atoms with E-state index in [-0.39, 0.29) is 13.1 Å². The molecule has 2 rings (SSSR count). The van der Waals surface area contributed by atoms with Crippen molar-refractivity contribution >= 4 is 16.0 Å². The highest BCUT2D eigenvalue weighted by atomic mass is 32.2. The third kappa shape index (κ3) is 1.70. The molecule has 1 aromatic heterocycles. The summed E-state index contributed by atoms with van der Waals surface area (Å²) in [6.45, 7) is 0.0108. The summed E-state index contributed by atoms with van der Waals surface area (Å²) in [7, 11) is -3.80. The van der Waals surface area contributed by atoms with Gasteiger partial charge in [0.2, 0.25) is 10.9 Å². The molecule has 0 aliphatic carbocycles. The van der Waals surface area contributed by atoms with Gasteiger partial charge in [-0.1, -0.05) is 0 Å². The van der Waals surface area contributed by atoms with Crippen LogP contribution in [-0.4, -0.2) is 48.1 Å². The van der Waals surface area contributed by atoms with Crippen LogP contribution in [0.3, 0.4) is 0 Å². The molecule has 0 atom stereocenters. The van der Waals surface area contributed by atoms with Gasteiger partial charge in [-0.25, -0.2) is 13.2 Å². The van der Waals surface area contributed by atoms with Gasteiger partial charge in [-0.05, 0) is 12.1 Å². The number of sulfonamides is 1. The summed E-state index contributed by atoms with van der Waals surface area (Å²) in [4.78, 5) is 10.5. The molecular formula is C8H9NO6S. The number of nitrogens with zero attached hydrogens (tertiary/aromatic N) is 1. The molecule has 2 heterocycles. The second-order valence-electron chi connectivity index (χ2n) is 3.40. The van der Waals surface area contributed by atoms with Gasteiger partial charge in [-0.3, -0.25) is 0 Å². The van der Waals surface area contributed by atoms with Gasteiger partial charge in [0.05, 0.1) is 6.10 Å². The van der Waals surface area contributed by atoms with Crippen molar-refractivity contribution in [2.45, 2.75) is 11.2 Å². The number of aliphatic hydroxyl groups excluding tert-OH is 1. The van der Waals surface area contributed by atoms with Gasteiger partial charge in [0, 0.05) is 13.1 Å². The summed E-state index contributed by atoms with van der Waals surface area (Å²) >= 11 is 0. The molecule has 0 saturated carbocycles. The third-order valence-corrected chi connectivity index (χ3v) is 3.92. The molecule has 1 fully saturated rings. The largest absolute Gasteiger partial charge is 0.475 e. The van der Waals surface area contributed by atoms with Gasteiger partial charge < -0.3 is 14.6 Å². The zero-order valence-corrected chi connectivity index (χ0v) is 8.85. The Labute approximate surface area is 91.0 Å². The Balaban J connectivity index is 2.26. The number of β-amino-alcohol motifs (C(OH)–C–C–N with tert-alkyl or cyclic N) is 1. The molecule has 0 unspecified atom stereocenters. The average molecular weight is 247 g/mol. The summed E-state index contributed by atoms with van der Waals surface area (Å²) in [5.74, 6) is -1.76. The number of aromatic carboxylic acids is 1. The van der Waals surface area contributed by atoms with Crippen molar-refractivity contribution in [3.8, 4) is 0 Å². The molecule has 7 nitrogen and oxygen atoms in total. The first-order chi connectivity index (χ1) is 7.41. The van der Waals surface area contributed by atoms with Gasteiger partial charge >= 0.3 is 5.97 Å². The minimum Gasteiger partial charge on any atom is -0.475 e. The Morgan fingerprint density at radius 2 is 2.06 bits per heavy atom. The normalized spacial score (nSPS) is 18.3. The fraction of sp³-hybridized carbons (Fsp3) is 0.375. The van der Waals surface area contributed by atoms with E-state index in [2.05, 4.69) is 0 Å². The SMILES string of the molecule is O=C(O)c1ccc(S(=O)(=O)N2CC(O)C2)o1. The molecule has 1 aliphatic rings. The number of rotatable bonds is 3. The van der Waals surface area contributed by atoms with E-state index < -0.39 is 32.9 Å². The lowest BCUT2D eigenvalue weighted by Gasteiger charge is -2.33. The molecule has 0 spiro atoms. The van der Waals surface area contributed by atoms with E-state index in [0.717, 1.165) is 16.4 Å². The quantitative estimate of drug-likeness (QED) is 0.734. The van der Waals surface area contributed by atoms with Crippen LogP contribution in [0, 0.1) is 0 Å². The van der Waals surface area contributed by atoms with Crippen LogP contribution in [-0.2, 0) is 10.0 Å². The van der Waals surface area contributed by atoms with Crippen molar-refractivity contribution in [3.05, 3.63) is 17.9 Å². The van der Waals surface area contributed by atoms with E-state index in [4.69, 9.17) is 14.6 Å². The highest BCUT2D eigenvalue weighted by Gasteiger charge is 2.37. The lowest BCUT2D eigenvalue weighted by molar-refractivity contribution is 0.0533. The Morgan fingerprint density at radius 3 is 2.50 bits per heavy atom. The molecule has 0 aromatic carbocycles. The first-order valence-corrected chi connectivity index (χ1v) is 5.86. The van der Waals surface area contributed by atoms with E-state index in [1.54, 1.807) is 0 Å². The monoisotopic (exact) mass is 247 g/mol. The first-order valence-electron chi connectivity index (χ1n) is 4.42. The van der Waals surface area contributed by atoms with Crippen LogP contribution in [0.1, 0.15) is 10.6 Å². The van der Waals surface area contributed by atoms with Gasteiger partial charge in [-0.15, -0.1) is 0 Å². The maximum atomic E-state index is 11.7. The summed E-state index contributed by atoms with van der Waals surface area (Å²) in [5.41, 5.74) is 0. The molecule has 0 bridgehead atoms. The molecule has 1 saturated heterocycles. The highest BCUT2D eigenvalue weighted by Crippen LogP contribution is 2.23. The highest BCUT2D eigenvalue weighted by molar-refractivity contribution is 7.89. The Kier molecular flexibility index (Phi) is 2.49. The molecule has 88 valence electrons. The molecule has 16 heavy (non-hydrogen) atoms. The fourth-order valence-corrected chi connectivity index (χ4v) is 2.74. The van der Waals surface area contributed by atoms with Gasteiger partial charge in [0.15, 0.2) is 0 Å². The van der Waals surface area contributed by atoms with Crippen LogP contribution >= 0.6 is 0 Å². The standard InChI is InChI=1S/C8H9NO6S/c10-5-3-9(4-5)16(13,14)7-2-1-6(15-7)8(11)12/h1-2,5,10H,3-4H2,(H,11,12). The molecule has 1 aromatic rings. The van der Waals surface area contributed by atoms with Gasteiger partial charge in [-0.2, -0.15) is 4.31 Å². The van der Waals surface area contributed by atoms with Crippen molar-refractivity contribution < 1.29 is 27.8 Å². The average Bonchev–Trinajstić information content (AvgIpc) is 2.61. The maximum absolute atomic E-state index is 11.7. The second kappa shape index (κ2) is 3.58. The molecular weight excluding hydrogens is 238 g/mol. The molecule has 8 heteroatoms. The van der Waals surface area contributed by atoms with E-state index >= 15 is 0 Å². The maximum Gasteiger partial charge on any atom is 0.371 e. The molecule has 0 amide bonds. The van der Waals surface area contributed by atoms with E-state index in [1.807, 2.05) is 0 Å². The van der Waals surface area contributed by atoms with E-state index in [1.165, 1.54) is 0 Å². The number of hydrogen-bond donors (Lipinski definition) is 2. The van der Waals surface area contributed by atoms with E-state index in [0.29, 0.717) is 0 Å². The lowest BCUT2D eigenvalue weighted by atomic mass is 10.2. The van der Waals surface area contributed by atoms with Crippen molar-refractivity contribution in [2.75, 3.05) is 13.1 Å². The number of furan rings is 1. The molecule has 1 aliphatic heterocycles. The minimum atomic E-state index is -3.80. The Morgan fingerprint density at radius 1 is 1.44 bits per heavy atom. The van der Waals surface area contributed by atoms with Gasteiger partial charge in [0.25, 0.3) is 10.0 Å². The number of carbonyl (C=O) groups is 1. The summed E-state index contributed by atoms with van der Waals surface area (Å²) < 4.78 is 29.2. The van der Waals surface area contributed by atoms with Crippen LogP contribution in [0.5, 0.6) is 0 Å². The van der Waals surface area contributed by atoms with Crippen molar-refractivity contribution in [1.29, 1.82) is 0 Å². The predicted molar refractivity (Wildman–Crippen MR) is 50.4 cm³/mol. The van der Waals surface area contributed by atoms with Crippen LogP contribution in [0.4, 0.5) is 0 Å². The topological polar surface area (TPSA) is 108 Å². The Hall–Kier alpha value is -1.38. The first kappa shape index (κ1) is 11.1. The van der Waals surface area contributed by atoms with Crippen LogP contribution in [0.2, 0.25) is 0 Å². The second-order valence-corrected chi connectivity index (χ2v) is 5.27.